The van der Waals surface area contributed by atoms with Gasteiger partial charge in [0.15, 0.2) is 11.5 Å². The molecule has 0 aromatic heterocycles. The molecular weight excluding hydrogens is 392 g/mol. The van der Waals surface area contributed by atoms with Crippen molar-refractivity contribution >= 4 is 17.5 Å². The summed E-state index contributed by atoms with van der Waals surface area (Å²) in [4.78, 5) is 28.0. The molecule has 166 valence electrons. The molecule has 2 amide bonds. The number of likely N-dealkylation sites (tertiary alicyclic amines) is 1. The standard InChI is InChI=1S/C25H32N2O4/c1-4-18(19-11-7-5-8-12-19)15-24(28)26-21-17-23(31-3)22(30-2)16-20(21)25(29)27-13-9-6-10-14-27/h5,7-8,11-12,16-18H,4,6,9-10,13-15H2,1-3H3,(H,26,28). The predicted octanol–water partition coefficient (Wildman–Crippen LogP) is 4.85. The molecule has 1 aliphatic rings. The topological polar surface area (TPSA) is 67.9 Å². The van der Waals surface area contributed by atoms with E-state index in [1.807, 2.05) is 35.2 Å². The lowest BCUT2D eigenvalue weighted by Gasteiger charge is -2.28. The van der Waals surface area contributed by atoms with Gasteiger partial charge in [0.25, 0.3) is 5.91 Å². The maximum Gasteiger partial charge on any atom is 0.256 e. The average molecular weight is 425 g/mol. The minimum atomic E-state index is -0.129. The number of amides is 2. The predicted molar refractivity (Wildman–Crippen MR) is 122 cm³/mol. The van der Waals surface area contributed by atoms with Crippen LogP contribution in [0.1, 0.15) is 60.9 Å². The lowest BCUT2D eigenvalue weighted by molar-refractivity contribution is -0.116. The third-order valence-corrected chi connectivity index (χ3v) is 5.87. The molecule has 0 saturated carbocycles. The number of methoxy groups -OCH3 is 2. The quantitative estimate of drug-likeness (QED) is 0.658. The van der Waals surface area contributed by atoms with Crippen molar-refractivity contribution in [1.82, 2.24) is 4.90 Å². The summed E-state index contributed by atoms with van der Waals surface area (Å²) < 4.78 is 10.8. The third-order valence-electron chi connectivity index (χ3n) is 5.87. The molecule has 1 atom stereocenters. The van der Waals surface area contributed by atoms with E-state index < -0.39 is 0 Å². The highest BCUT2D eigenvalue weighted by atomic mass is 16.5. The second-order valence-electron chi connectivity index (χ2n) is 7.87. The van der Waals surface area contributed by atoms with E-state index in [-0.39, 0.29) is 17.7 Å². The monoisotopic (exact) mass is 424 g/mol. The third kappa shape index (κ3) is 5.57. The van der Waals surface area contributed by atoms with Gasteiger partial charge in [-0.05, 0) is 43.2 Å². The van der Waals surface area contributed by atoms with E-state index in [4.69, 9.17) is 9.47 Å². The Bertz CT molecular complexity index is 892. The molecule has 1 saturated heterocycles. The van der Waals surface area contributed by atoms with E-state index in [2.05, 4.69) is 12.2 Å². The van der Waals surface area contributed by atoms with Gasteiger partial charge in [0.1, 0.15) is 0 Å². The fourth-order valence-electron chi connectivity index (χ4n) is 4.07. The molecule has 2 aromatic rings. The lowest BCUT2D eigenvalue weighted by atomic mass is 9.93. The van der Waals surface area contributed by atoms with Crippen LogP contribution in [-0.2, 0) is 4.79 Å². The molecule has 1 aliphatic heterocycles. The minimum absolute atomic E-state index is 0.0916. The number of nitrogens with one attached hydrogen (secondary N) is 1. The van der Waals surface area contributed by atoms with Crippen molar-refractivity contribution in [2.24, 2.45) is 0 Å². The molecule has 2 aromatic carbocycles. The van der Waals surface area contributed by atoms with Gasteiger partial charge in [-0.1, -0.05) is 37.3 Å². The maximum atomic E-state index is 13.2. The SMILES string of the molecule is CCC(CC(=O)Nc1cc(OC)c(OC)cc1C(=O)N1CCCCC1)c1ccccc1. The van der Waals surface area contributed by atoms with Crippen molar-refractivity contribution in [3.63, 3.8) is 0 Å². The van der Waals surface area contributed by atoms with Gasteiger partial charge in [-0.25, -0.2) is 0 Å². The van der Waals surface area contributed by atoms with E-state index >= 15 is 0 Å². The first kappa shape index (κ1) is 22.7. The molecule has 1 heterocycles. The number of ether oxygens (including phenoxy) is 2. The summed E-state index contributed by atoms with van der Waals surface area (Å²) in [6.45, 7) is 3.53. The van der Waals surface area contributed by atoms with Gasteiger partial charge in [0, 0.05) is 25.6 Å². The number of hydrogen-bond donors (Lipinski definition) is 1. The number of hydrogen-bond acceptors (Lipinski definition) is 4. The van der Waals surface area contributed by atoms with E-state index in [0.717, 1.165) is 44.3 Å². The first-order chi connectivity index (χ1) is 15.1. The zero-order valence-electron chi connectivity index (χ0n) is 18.6. The highest BCUT2D eigenvalue weighted by Crippen LogP contribution is 2.35. The van der Waals surface area contributed by atoms with E-state index in [1.54, 1.807) is 12.1 Å². The van der Waals surface area contributed by atoms with Crippen LogP contribution in [0.15, 0.2) is 42.5 Å². The Kier molecular flexibility index (Phi) is 7.93. The number of benzene rings is 2. The molecule has 0 spiro atoms. The first-order valence-corrected chi connectivity index (χ1v) is 11.0. The molecule has 1 unspecified atom stereocenters. The minimum Gasteiger partial charge on any atom is -0.493 e. The van der Waals surface area contributed by atoms with Crippen LogP contribution in [0.4, 0.5) is 5.69 Å². The fourth-order valence-corrected chi connectivity index (χ4v) is 4.07. The summed E-state index contributed by atoms with van der Waals surface area (Å²) in [5.41, 5.74) is 2.03. The van der Waals surface area contributed by atoms with Gasteiger partial charge in [-0.2, -0.15) is 0 Å². The zero-order valence-corrected chi connectivity index (χ0v) is 18.6. The molecule has 31 heavy (non-hydrogen) atoms. The first-order valence-electron chi connectivity index (χ1n) is 11.0. The number of nitrogens with zero attached hydrogens (tertiary/aromatic N) is 1. The van der Waals surface area contributed by atoms with Crippen molar-refractivity contribution in [2.75, 3.05) is 32.6 Å². The summed E-state index contributed by atoms with van der Waals surface area (Å²) in [6.07, 6.45) is 4.32. The van der Waals surface area contributed by atoms with Crippen LogP contribution in [0.2, 0.25) is 0 Å². The number of piperidine rings is 1. The molecule has 6 heteroatoms. The van der Waals surface area contributed by atoms with Crippen LogP contribution in [-0.4, -0.2) is 44.0 Å². The molecule has 1 N–H and O–H groups in total. The van der Waals surface area contributed by atoms with Crippen molar-refractivity contribution in [1.29, 1.82) is 0 Å². The second kappa shape index (κ2) is 10.8. The van der Waals surface area contributed by atoms with Gasteiger partial charge in [0.05, 0.1) is 25.5 Å². The molecule has 3 rings (SSSR count). The van der Waals surface area contributed by atoms with Crippen molar-refractivity contribution < 1.29 is 19.1 Å². The second-order valence-corrected chi connectivity index (χ2v) is 7.87. The maximum absolute atomic E-state index is 13.2. The van der Waals surface area contributed by atoms with Gasteiger partial charge in [-0.15, -0.1) is 0 Å². The van der Waals surface area contributed by atoms with Crippen LogP contribution in [0.3, 0.4) is 0 Å². The lowest BCUT2D eigenvalue weighted by Crippen LogP contribution is -2.36. The van der Waals surface area contributed by atoms with Gasteiger partial charge >= 0.3 is 0 Å². The Labute approximate surface area is 184 Å². The average Bonchev–Trinajstić information content (AvgIpc) is 2.82. The van der Waals surface area contributed by atoms with Crippen LogP contribution in [0.5, 0.6) is 11.5 Å². The number of rotatable bonds is 8. The van der Waals surface area contributed by atoms with Crippen LogP contribution in [0.25, 0.3) is 0 Å². The highest BCUT2D eigenvalue weighted by molar-refractivity contribution is 6.04. The Morgan fingerprint density at radius 1 is 1.00 bits per heavy atom. The molecule has 1 fully saturated rings. The number of carbonyl (C=O) groups excluding carboxylic acids is 2. The van der Waals surface area contributed by atoms with Gasteiger partial charge in [0.2, 0.25) is 5.91 Å². The summed E-state index contributed by atoms with van der Waals surface area (Å²) >= 11 is 0. The van der Waals surface area contributed by atoms with E-state index in [0.29, 0.717) is 29.2 Å². The van der Waals surface area contributed by atoms with Crippen molar-refractivity contribution in [2.45, 2.75) is 44.9 Å². The zero-order chi connectivity index (χ0) is 22.2. The molecular formula is C25H32N2O4. The Balaban J connectivity index is 1.85. The van der Waals surface area contributed by atoms with E-state index in [9.17, 15) is 9.59 Å². The molecule has 0 radical (unpaired) electrons. The van der Waals surface area contributed by atoms with Gasteiger partial charge in [-0.3, -0.25) is 9.59 Å². The summed E-state index contributed by atoms with van der Waals surface area (Å²) in [7, 11) is 3.08. The van der Waals surface area contributed by atoms with Crippen LogP contribution in [0, 0.1) is 0 Å². The van der Waals surface area contributed by atoms with Crippen molar-refractivity contribution in [3.8, 4) is 11.5 Å². The Morgan fingerprint density at radius 2 is 1.65 bits per heavy atom. The highest BCUT2D eigenvalue weighted by Gasteiger charge is 2.25. The molecule has 0 bridgehead atoms. The normalized spacial score (nSPS) is 14.6. The Morgan fingerprint density at radius 3 is 2.26 bits per heavy atom. The number of anilines is 1. The number of carbonyl (C=O) groups is 2. The van der Waals surface area contributed by atoms with E-state index in [1.165, 1.54) is 14.2 Å². The molecule has 6 nitrogen and oxygen atoms in total. The largest absolute Gasteiger partial charge is 0.493 e. The van der Waals surface area contributed by atoms with Crippen molar-refractivity contribution in [3.05, 3.63) is 53.6 Å². The van der Waals surface area contributed by atoms with Crippen LogP contribution < -0.4 is 14.8 Å². The fraction of sp³-hybridized carbons (Fsp3) is 0.440. The summed E-state index contributed by atoms with van der Waals surface area (Å²) in [6, 6.07) is 13.4. The van der Waals surface area contributed by atoms with Crippen LogP contribution >= 0.6 is 0 Å². The smallest absolute Gasteiger partial charge is 0.256 e. The molecule has 0 aliphatic carbocycles. The Hall–Kier alpha value is -3.02. The summed E-state index contributed by atoms with van der Waals surface area (Å²) in [5, 5.41) is 2.97. The summed E-state index contributed by atoms with van der Waals surface area (Å²) in [5.74, 6) is 0.837. The van der Waals surface area contributed by atoms with Gasteiger partial charge < -0.3 is 19.7 Å².